The Bertz CT molecular complexity index is 783. The molecule has 0 spiro atoms. The van der Waals surface area contributed by atoms with Crippen molar-refractivity contribution in [3.63, 3.8) is 0 Å². The number of hydrogen-bond acceptors (Lipinski definition) is 2. The summed E-state index contributed by atoms with van der Waals surface area (Å²) in [5.74, 6) is -1.98. The van der Waals surface area contributed by atoms with Gasteiger partial charge in [0.15, 0.2) is 0 Å². The summed E-state index contributed by atoms with van der Waals surface area (Å²) in [4.78, 5) is 23.5. The molecule has 0 aliphatic heterocycles. The van der Waals surface area contributed by atoms with Crippen LogP contribution in [0, 0.1) is 11.6 Å². The Morgan fingerprint density at radius 2 is 1.52 bits per heavy atom. The summed E-state index contributed by atoms with van der Waals surface area (Å²) < 4.78 is 26.0. The van der Waals surface area contributed by atoms with Crippen molar-refractivity contribution in [2.24, 2.45) is 0 Å². The van der Waals surface area contributed by atoms with Gasteiger partial charge in [0.05, 0.1) is 10.0 Å². The Morgan fingerprint density at radius 3 is 2.16 bits per heavy atom. The maximum atomic E-state index is 13.0. The van der Waals surface area contributed by atoms with Gasteiger partial charge in [0.25, 0.3) is 5.91 Å². The number of amides is 3. The van der Waals surface area contributed by atoms with Gasteiger partial charge >= 0.3 is 6.03 Å². The van der Waals surface area contributed by atoms with Crippen LogP contribution >= 0.6 is 23.2 Å². The number of carbonyl (C=O) groups is 2. The molecule has 0 aliphatic carbocycles. The third-order valence-electron chi connectivity index (χ3n) is 3.00. The van der Waals surface area contributed by atoms with Crippen LogP contribution in [-0.2, 0) is 0 Å². The lowest BCUT2D eigenvalue weighted by atomic mass is 10.2. The van der Waals surface area contributed by atoms with Crippen molar-refractivity contribution in [3.05, 3.63) is 63.6 Å². The number of rotatable bonds is 5. The Kier molecular flexibility index (Phi) is 6.55. The van der Waals surface area contributed by atoms with Crippen molar-refractivity contribution < 1.29 is 18.4 Å². The Labute approximate surface area is 152 Å². The molecule has 0 radical (unpaired) electrons. The van der Waals surface area contributed by atoms with E-state index in [9.17, 15) is 18.4 Å². The zero-order chi connectivity index (χ0) is 18.4. The number of benzene rings is 2. The van der Waals surface area contributed by atoms with E-state index in [0.717, 1.165) is 12.1 Å². The lowest BCUT2D eigenvalue weighted by molar-refractivity contribution is 0.0954. The fourth-order valence-corrected chi connectivity index (χ4v) is 2.19. The van der Waals surface area contributed by atoms with E-state index in [1.165, 1.54) is 18.2 Å². The Hall–Kier alpha value is -2.38. The van der Waals surface area contributed by atoms with E-state index in [0.29, 0.717) is 16.7 Å². The molecule has 3 amide bonds. The maximum absolute atomic E-state index is 13.0. The standard InChI is InChI=1S/C16H13Cl2F2N3O2/c17-13-2-1-9(5-14(13)18)15(24)21-3-4-22-16(25)23-12-7-10(19)6-11(20)8-12/h1-2,5-8H,3-4H2,(H,21,24)(H2,22,23,25). The Morgan fingerprint density at radius 1 is 0.880 bits per heavy atom. The monoisotopic (exact) mass is 387 g/mol. The van der Waals surface area contributed by atoms with E-state index in [1.807, 2.05) is 0 Å². The summed E-state index contributed by atoms with van der Waals surface area (Å²) in [6.07, 6.45) is 0. The first-order chi connectivity index (χ1) is 11.8. The van der Waals surface area contributed by atoms with Crippen LogP contribution in [-0.4, -0.2) is 25.0 Å². The molecule has 2 aromatic rings. The van der Waals surface area contributed by atoms with Gasteiger partial charge in [-0.2, -0.15) is 0 Å². The van der Waals surface area contributed by atoms with Crippen LogP contribution in [0.2, 0.25) is 10.0 Å². The summed E-state index contributed by atoms with van der Waals surface area (Å²) in [6.45, 7) is 0.251. The molecule has 0 atom stereocenters. The number of hydrogen-bond donors (Lipinski definition) is 3. The molecule has 0 heterocycles. The second-order valence-electron chi connectivity index (χ2n) is 4.92. The topological polar surface area (TPSA) is 70.2 Å². The van der Waals surface area contributed by atoms with Crippen LogP contribution < -0.4 is 16.0 Å². The van der Waals surface area contributed by atoms with Crippen molar-refractivity contribution in [1.82, 2.24) is 10.6 Å². The molecular formula is C16H13Cl2F2N3O2. The molecule has 0 saturated heterocycles. The minimum Gasteiger partial charge on any atom is -0.350 e. The summed E-state index contributed by atoms with van der Waals surface area (Å²) in [5, 5.41) is 7.90. The fraction of sp³-hybridized carbons (Fsp3) is 0.125. The van der Waals surface area contributed by atoms with Crippen LogP contribution in [0.1, 0.15) is 10.4 Å². The van der Waals surface area contributed by atoms with Crippen molar-refractivity contribution in [1.29, 1.82) is 0 Å². The zero-order valence-corrected chi connectivity index (χ0v) is 14.2. The van der Waals surface area contributed by atoms with Crippen LogP contribution in [0.5, 0.6) is 0 Å². The van der Waals surface area contributed by atoms with Crippen LogP contribution in [0.3, 0.4) is 0 Å². The van der Waals surface area contributed by atoms with Gasteiger partial charge in [-0.25, -0.2) is 13.6 Å². The van der Waals surface area contributed by atoms with Gasteiger partial charge in [0, 0.05) is 30.4 Å². The van der Waals surface area contributed by atoms with Gasteiger partial charge in [0.2, 0.25) is 0 Å². The van der Waals surface area contributed by atoms with E-state index in [4.69, 9.17) is 23.2 Å². The van der Waals surface area contributed by atoms with Gasteiger partial charge < -0.3 is 16.0 Å². The molecule has 0 unspecified atom stereocenters. The van der Waals surface area contributed by atoms with Gasteiger partial charge in [0.1, 0.15) is 11.6 Å². The van der Waals surface area contributed by atoms with Gasteiger partial charge in [-0.3, -0.25) is 4.79 Å². The third kappa shape index (κ3) is 5.88. The average Bonchev–Trinajstić information content (AvgIpc) is 2.53. The average molecular weight is 388 g/mol. The summed E-state index contributed by atoms with van der Waals surface area (Å²) in [7, 11) is 0. The predicted molar refractivity (Wildman–Crippen MR) is 92.2 cm³/mol. The molecule has 0 fully saturated rings. The third-order valence-corrected chi connectivity index (χ3v) is 3.74. The van der Waals surface area contributed by atoms with E-state index < -0.39 is 17.7 Å². The summed E-state index contributed by atoms with van der Waals surface area (Å²) in [6, 6.07) is 6.45. The smallest absolute Gasteiger partial charge is 0.319 e. The molecule has 2 rings (SSSR count). The second kappa shape index (κ2) is 8.64. The van der Waals surface area contributed by atoms with Crippen LogP contribution in [0.4, 0.5) is 19.3 Å². The number of urea groups is 1. The second-order valence-corrected chi connectivity index (χ2v) is 5.74. The number of carbonyl (C=O) groups excluding carboxylic acids is 2. The van der Waals surface area contributed by atoms with E-state index in [-0.39, 0.29) is 29.7 Å². The molecule has 0 aliphatic rings. The number of anilines is 1. The molecule has 132 valence electrons. The largest absolute Gasteiger partial charge is 0.350 e. The summed E-state index contributed by atoms with van der Waals surface area (Å²) in [5.41, 5.74) is 0.309. The number of halogens is 4. The molecule has 0 aromatic heterocycles. The zero-order valence-electron chi connectivity index (χ0n) is 12.7. The quantitative estimate of drug-likeness (QED) is 0.682. The lowest BCUT2D eigenvalue weighted by Crippen LogP contribution is -2.36. The molecule has 0 saturated carbocycles. The molecular weight excluding hydrogens is 375 g/mol. The van der Waals surface area contributed by atoms with Crippen molar-refractivity contribution >= 4 is 40.8 Å². The SMILES string of the molecule is O=C(NCCNC(=O)c1ccc(Cl)c(Cl)c1)Nc1cc(F)cc(F)c1. The normalized spacial score (nSPS) is 10.2. The van der Waals surface area contributed by atoms with E-state index >= 15 is 0 Å². The molecule has 25 heavy (non-hydrogen) atoms. The van der Waals surface area contributed by atoms with Crippen LogP contribution in [0.25, 0.3) is 0 Å². The first-order valence-corrected chi connectivity index (χ1v) is 7.85. The minimum atomic E-state index is -0.802. The molecule has 3 N–H and O–H groups in total. The molecule has 0 bridgehead atoms. The van der Waals surface area contributed by atoms with Gasteiger partial charge in [-0.05, 0) is 30.3 Å². The number of nitrogens with one attached hydrogen (secondary N) is 3. The van der Waals surface area contributed by atoms with Gasteiger partial charge in [-0.1, -0.05) is 23.2 Å². The molecule has 9 heteroatoms. The highest BCUT2D eigenvalue weighted by atomic mass is 35.5. The van der Waals surface area contributed by atoms with E-state index in [2.05, 4.69) is 16.0 Å². The van der Waals surface area contributed by atoms with Crippen LogP contribution in [0.15, 0.2) is 36.4 Å². The summed E-state index contributed by atoms with van der Waals surface area (Å²) >= 11 is 11.6. The minimum absolute atomic E-state index is 0.0187. The van der Waals surface area contributed by atoms with E-state index in [1.54, 1.807) is 0 Å². The van der Waals surface area contributed by atoms with Gasteiger partial charge in [-0.15, -0.1) is 0 Å². The fourth-order valence-electron chi connectivity index (χ4n) is 1.89. The molecule has 5 nitrogen and oxygen atoms in total. The molecule has 2 aromatic carbocycles. The first kappa shape index (κ1) is 19.0. The highest BCUT2D eigenvalue weighted by Gasteiger charge is 2.08. The first-order valence-electron chi connectivity index (χ1n) is 7.09. The van der Waals surface area contributed by atoms with Crippen molar-refractivity contribution in [2.45, 2.75) is 0 Å². The lowest BCUT2D eigenvalue weighted by Gasteiger charge is -2.09. The highest BCUT2D eigenvalue weighted by Crippen LogP contribution is 2.22. The van der Waals surface area contributed by atoms with Crippen molar-refractivity contribution in [2.75, 3.05) is 18.4 Å². The Balaban J connectivity index is 1.75. The van der Waals surface area contributed by atoms with Crippen molar-refractivity contribution in [3.8, 4) is 0 Å². The maximum Gasteiger partial charge on any atom is 0.319 e. The highest BCUT2D eigenvalue weighted by molar-refractivity contribution is 6.42. The predicted octanol–water partition coefficient (Wildman–Crippen LogP) is 3.82.